The number of hydrogen-bond acceptors (Lipinski definition) is 3. The van der Waals surface area contributed by atoms with E-state index in [1.807, 2.05) is 42.5 Å². The first-order valence-electron chi connectivity index (χ1n) is 6.43. The molecule has 0 aliphatic heterocycles. The number of carbonyl (C=O) groups excluding carboxylic acids is 1. The van der Waals surface area contributed by atoms with Gasteiger partial charge in [-0.2, -0.15) is 0 Å². The summed E-state index contributed by atoms with van der Waals surface area (Å²) in [6, 6.07) is 15.2. The highest BCUT2D eigenvalue weighted by Crippen LogP contribution is 2.28. The Morgan fingerprint density at radius 2 is 1.95 bits per heavy atom. The molecule has 104 valence electrons. The molecule has 4 heteroatoms. The summed E-state index contributed by atoms with van der Waals surface area (Å²) in [5, 5.41) is 11.2. The van der Waals surface area contributed by atoms with Gasteiger partial charge in [-0.25, -0.2) is 4.79 Å². The van der Waals surface area contributed by atoms with Crippen LogP contribution in [0.15, 0.2) is 48.5 Å². The minimum Gasteiger partial charge on any atom is -0.464 e. The SMILES string of the molecule is CCOC(=O)C(O)c1ccc(P)cc1-c1ccccc1. The number of rotatable bonds is 4. The number of aliphatic hydroxyl groups is 1. The van der Waals surface area contributed by atoms with Crippen molar-refractivity contribution in [3.63, 3.8) is 0 Å². The van der Waals surface area contributed by atoms with Crippen molar-refractivity contribution in [2.75, 3.05) is 6.61 Å². The second-order valence-electron chi connectivity index (χ2n) is 4.37. The number of hydrogen-bond donors (Lipinski definition) is 1. The van der Waals surface area contributed by atoms with E-state index in [9.17, 15) is 9.90 Å². The molecule has 0 aliphatic carbocycles. The quantitative estimate of drug-likeness (QED) is 0.694. The van der Waals surface area contributed by atoms with Crippen LogP contribution in [-0.4, -0.2) is 17.7 Å². The van der Waals surface area contributed by atoms with Crippen molar-refractivity contribution >= 4 is 20.5 Å². The first kappa shape index (κ1) is 14.7. The molecule has 2 aromatic carbocycles. The molecule has 0 amide bonds. The van der Waals surface area contributed by atoms with E-state index in [2.05, 4.69) is 9.24 Å². The first-order chi connectivity index (χ1) is 9.63. The van der Waals surface area contributed by atoms with Gasteiger partial charge in [0, 0.05) is 0 Å². The zero-order valence-corrected chi connectivity index (χ0v) is 12.4. The molecule has 0 spiro atoms. The summed E-state index contributed by atoms with van der Waals surface area (Å²) in [5.41, 5.74) is 2.34. The van der Waals surface area contributed by atoms with E-state index in [4.69, 9.17) is 4.74 Å². The van der Waals surface area contributed by atoms with Crippen LogP contribution in [0.2, 0.25) is 0 Å². The van der Waals surface area contributed by atoms with E-state index >= 15 is 0 Å². The van der Waals surface area contributed by atoms with Crippen LogP contribution in [0.25, 0.3) is 11.1 Å². The maximum absolute atomic E-state index is 11.7. The molecule has 0 saturated carbocycles. The zero-order chi connectivity index (χ0) is 14.5. The fourth-order valence-electron chi connectivity index (χ4n) is 2.03. The Hall–Kier alpha value is -1.70. The standard InChI is InChI=1S/C16H17O3P/c1-2-19-16(18)15(17)13-9-8-12(20)10-14(13)11-6-4-3-5-7-11/h3-10,15,17H,2,20H2,1H3. The lowest BCUT2D eigenvalue weighted by Crippen LogP contribution is -2.16. The molecular formula is C16H17O3P. The number of aliphatic hydroxyl groups excluding tert-OH is 1. The molecule has 3 nitrogen and oxygen atoms in total. The number of esters is 1. The predicted octanol–water partition coefficient (Wildman–Crippen LogP) is 2.45. The Kier molecular flexibility index (Phi) is 4.89. The van der Waals surface area contributed by atoms with Gasteiger partial charge in [0.05, 0.1) is 6.61 Å². The summed E-state index contributed by atoms with van der Waals surface area (Å²) in [6.45, 7) is 1.97. The lowest BCUT2D eigenvalue weighted by Gasteiger charge is -2.15. The summed E-state index contributed by atoms with van der Waals surface area (Å²) >= 11 is 0. The molecule has 0 radical (unpaired) electrons. The molecule has 0 saturated heterocycles. The Labute approximate surface area is 120 Å². The molecule has 0 aromatic heterocycles. The van der Waals surface area contributed by atoms with Crippen molar-refractivity contribution in [2.24, 2.45) is 0 Å². The van der Waals surface area contributed by atoms with Crippen molar-refractivity contribution < 1.29 is 14.6 Å². The van der Waals surface area contributed by atoms with Crippen LogP contribution in [0.3, 0.4) is 0 Å². The van der Waals surface area contributed by atoms with Gasteiger partial charge in [-0.1, -0.05) is 42.5 Å². The Balaban J connectivity index is 2.46. The van der Waals surface area contributed by atoms with Crippen LogP contribution in [-0.2, 0) is 9.53 Å². The van der Waals surface area contributed by atoms with Crippen molar-refractivity contribution in [1.82, 2.24) is 0 Å². The monoisotopic (exact) mass is 288 g/mol. The van der Waals surface area contributed by atoms with Gasteiger partial charge in [0.2, 0.25) is 0 Å². The van der Waals surface area contributed by atoms with Crippen LogP contribution in [0.1, 0.15) is 18.6 Å². The third-order valence-corrected chi connectivity index (χ3v) is 3.33. The molecule has 2 unspecified atom stereocenters. The molecule has 1 N–H and O–H groups in total. The van der Waals surface area contributed by atoms with Crippen LogP contribution in [0, 0.1) is 0 Å². The van der Waals surface area contributed by atoms with Gasteiger partial charge in [0.1, 0.15) is 0 Å². The second kappa shape index (κ2) is 6.65. The topological polar surface area (TPSA) is 46.5 Å². The fourth-order valence-corrected chi connectivity index (χ4v) is 2.29. The normalized spacial score (nSPS) is 11.9. The van der Waals surface area contributed by atoms with Crippen molar-refractivity contribution in [3.8, 4) is 11.1 Å². The first-order valence-corrected chi connectivity index (χ1v) is 7.00. The van der Waals surface area contributed by atoms with Crippen LogP contribution in [0.5, 0.6) is 0 Å². The number of ether oxygens (including phenoxy) is 1. The lowest BCUT2D eigenvalue weighted by molar-refractivity contribution is -0.153. The second-order valence-corrected chi connectivity index (χ2v) is 5.03. The van der Waals surface area contributed by atoms with E-state index in [0.29, 0.717) is 5.56 Å². The third-order valence-electron chi connectivity index (χ3n) is 2.97. The Morgan fingerprint density at radius 3 is 2.60 bits per heavy atom. The van der Waals surface area contributed by atoms with Gasteiger partial charge in [0.15, 0.2) is 6.10 Å². The molecule has 2 rings (SSSR count). The lowest BCUT2D eigenvalue weighted by atomic mass is 9.96. The van der Waals surface area contributed by atoms with Gasteiger partial charge < -0.3 is 9.84 Å². The molecular weight excluding hydrogens is 271 g/mol. The molecule has 0 heterocycles. The van der Waals surface area contributed by atoms with Crippen molar-refractivity contribution in [3.05, 3.63) is 54.1 Å². The maximum Gasteiger partial charge on any atom is 0.339 e. The van der Waals surface area contributed by atoms with E-state index in [0.717, 1.165) is 16.4 Å². The van der Waals surface area contributed by atoms with E-state index in [1.165, 1.54) is 0 Å². The van der Waals surface area contributed by atoms with Gasteiger partial charge in [-0.15, -0.1) is 9.24 Å². The highest BCUT2D eigenvalue weighted by atomic mass is 31.0. The van der Waals surface area contributed by atoms with E-state index in [1.54, 1.807) is 13.0 Å². The van der Waals surface area contributed by atoms with Gasteiger partial charge >= 0.3 is 5.97 Å². The molecule has 0 bridgehead atoms. The van der Waals surface area contributed by atoms with Crippen LogP contribution in [0.4, 0.5) is 0 Å². The summed E-state index contributed by atoms with van der Waals surface area (Å²) in [6.07, 6.45) is -1.27. The fraction of sp³-hybridized carbons (Fsp3) is 0.188. The van der Waals surface area contributed by atoms with Gasteiger partial charge in [0.25, 0.3) is 0 Å². The van der Waals surface area contributed by atoms with Crippen LogP contribution >= 0.6 is 9.24 Å². The van der Waals surface area contributed by atoms with Crippen molar-refractivity contribution in [2.45, 2.75) is 13.0 Å². The highest BCUT2D eigenvalue weighted by Gasteiger charge is 2.22. The maximum atomic E-state index is 11.7. The Bertz CT molecular complexity index is 596. The van der Waals surface area contributed by atoms with Gasteiger partial charge in [-0.05, 0) is 35.0 Å². The number of carbonyl (C=O) groups is 1. The molecule has 20 heavy (non-hydrogen) atoms. The highest BCUT2D eigenvalue weighted by molar-refractivity contribution is 7.27. The minimum absolute atomic E-state index is 0.248. The summed E-state index contributed by atoms with van der Waals surface area (Å²) in [5.74, 6) is -0.624. The molecule has 2 aromatic rings. The molecule has 0 fully saturated rings. The zero-order valence-electron chi connectivity index (χ0n) is 11.2. The largest absolute Gasteiger partial charge is 0.464 e. The van der Waals surface area contributed by atoms with E-state index < -0.39 is 12.1 Å². The average Bonchev–Trinajstić information content (AvgIpc) is 2.47. The Morgan fingerprint density at radius 1 is 1.25 bits per heavy atom. The van der Waals surface area contributed by atoms with Crippen molar-refractivity contribution in [1.29, 1.82) is 0 Å². The summed E-state index contributed by atoms with van der Waals surface area (Å²) in [4.78, 5) is 11.7. The smallest absolute Gasteiger partial charge is 0.339 e. The average molecular weight is 288 g/mol. The van der Waals surface area contributed by atoms with Gasteiger partial charge in [-0.3, -0.25) is 0 Å². The molecule has 0 aliphatic rings. The third kappa shape index (κ3) is 3.24. The summed E-state index contributed by atoms with van der Waals surface area (Å²) < 4.78 is 4.89. The molecule has 2 atom stereocenters. The van der Waals surface area contributed by atoms with E-state index in [-0.39, 0.29) is 6.61 Å². The summed E-state index contributed by atoms with van der Waals surface area (Å²) in [7, 11) is 2.62. The predicted molar refractivity (Wildman–Crippen MR) is 82.8 cm³/mol. The number of benzene rings is 2. The van der Waals surface area contributed by atoms with Crippen LogP contribution < -0.4 is 5.30 Å². The minimum atomic E-state index is -1.27.